The van der Waals surface area contributed by atoms with E-state index in [4.69, 9.17) is 52.5 Å². The molecule has 24 heteroatoms. The van der Waals surface area contributed by atoms with Gasteiger partial charge in [-0.1, -0.05) is 17.3 Å². The number of hydrogen-bond acceptors (Lipinski definition) is 21. The van der Waals surface area contributed by atoms with Crippen LogP contribution in [0.5, 0.6) is 0 Å². The zero-order valence-electron chi connectivity index (χ0n) is 32.2. The molecule has 2 saturated heterocycles. The summed E-state index contributed by atoms with van der Waals surface area (Å²) in [6, 6.07) is 5.20. The van der Waals surface area contributed by atoms with Gasteiger partial charge in [0, 0.05) is 54.0 Å². The minimum atomic E-state index is -4.07. The summed E-state index contributed by atoms with van der Waals surface area (Å²) in [6.45, 7) is 6.02. The Kier molecular flexibility index (Phi) is 15.0. The molecule has 23 nitrogen and oxygen atoms in total. The van der Waals surface area contributed by atoms with Gasteiger partial charge in [0.1, 0.15) is 31.5 Å². The summed E-state index contributed by atoms with van der Waals surface area (Å²) in [5.41, 5.74) is 0.480. The molecule has 4 rings (SSSR count). The fourth-order valence-electron chi connectivity index (χ4n) is 6.14. The van der Waals surface area contributed by atoms with Crippen molar-refractivity contribution >= 4 is 51.8 Å². The van der Waals surface area contributed by atoms with Gasteiger partial charge < -0.3 is 47.4 Å². The van der Waals surface area contributed by atoms with Crippen LogP contribution in [0.1, 0.15) is 54.7 Å². The predicted molar refractivity (Wildman–Crippen MR) is 185 cm³/mol. The van der Waals surface area contributed by atoms with E-state index in [-0.39, 0.29) is 10.6 Å². The van der Waals surface area contributed by atoms with Crippen molar-refractivity contribution in [2.45, 2.75) is 115 Å². The van der Waals surface area contributed by atoms with Gasteiger partial charge in [0.05, 0.1) is 16.8 Å². The molecule has 2 aliphatic rings. The molecule has 0 bridgehead atoms. The summed E-state index contributed by atoms with van der Waals surface area (Å²) in [7, 11) is -4.07. The fourth-order valence-corrected chi connectivity index (χ4v) is 6.66. The summed E-state index contributed by atoms with van der Waals surface area (Å²) in [4.78, 5) is 86.4. The quantitative estimate of drug-likeness (QED) is 0.183. The summed E-state index contributed by atoms with van der Waals surface area (Å²) >= 11 is 0. The molecule has 58 heavy (non-hydrogen) atoms. The molecule has 1 aromatic heterocycles. The van der Waals surface area contributed by atoms with E-state index in [1.54, 1.807) is 0 Å². The van der Waals surface area contributed by atoms with Crippen molar-refractivity contribution in [2.24, 2.45) is 5.14 Å². The molecule has 1 aromatic carbocycles. The van der Waals surface area contributed by atoms with Crippen molar-refractivity contribution in [3.05, 3.63) is 30.5 Å². The van der Waals surface area contributed by atoms with E-state index in [1.165, 1.54) is 30.5 Å². The van der Waals surface area contributed by atoms with Crippen LogP contribution < -0.4 is 5.14 Å². The first kappa shape index (κ1) is 45.1. The van der Waals surface area contributed by atoms with Gasteiger partial charge in [0.15, 0.2) is 43.0 Å². The lowest BCUT2D eigenvalue weighted by atomic mass is 9.95. The van der Waals surface area contributed by atoms with Crippen molar-refractivity contribution in [1.29, 1.82) is 0 Å². The average Bonchev–Trinajstić information content (AvgIpc) is 3.59. The Morgan fingerprint density at radius 2 is 1.07 bits per heavy atom. The van der Waals surface area contributed by atoms with Crippen LogP contribution in [0.3, 0.4) is 0 Å². The van der Waals surface area contributed by atoms with Crippen LogP contribution in [-0.2, 0) is 91.0 Å². The zero-order chi connectivity index (χ0) is 43.1. The lowest BCUT2D eigenvalue weighted by Crippen LogP contribution is -2.66. The molecule has 0 saturated carbocycles. The summed E-state index contributed by atoms with van der Waals surface area (Å²) in [5, 5.41) is 13.3. The van der Waals surface area contributed by atoms with Crippen molar-refractivity contribution in [3.8, 4) is 11.3 Å². The highest BCUT2D eigenvalue weighted by Crippen LogP contribution is 2.39. The SMILES string of the molecule is CC(=O)OC[C@H]1O[C@@H](n2nncc2-c2ccc(S(N)(=O)=O)cc2)[C@H](OC(C)=O)[C@@H](OC(C)=O)[C@@H]1O[C@H]1O[C@H](COC(C)=O)[C@@H](OC(C)=O)[C@H](OC(C)=O)[C@H]1OC(C)=O. The van der Waals surface area contributed by atoms with Crippen LogP contribution in [0.25, 0.3) is 11.3 Å². The van der Waals surface area contributed by atoms with Crippen molar-refractivity contribution in [3.63, 3.8) is 0 Å². The second kappa shape index (κ2) is 19.3. The first-order chi connectivity index (χ1) is 27.2. The Labute approximate surface area is 330 Å². The van der Waals surface area contributed by atoms with Gasteiger partial charge in [-0.05, 0) is 12.1 Å². The number of nitrogens with two attached hydrogens (primary N) is 1. The first-order valence-corrected chi connectivity index (χ1v) is 18.8. The van der Waals surface area contributed by atoms with E-state index in [1.807, 2.05) is 0 Å². The number of nitrogens with zero attached hydrogens (tertiary/aromatic N) is 3. The molecule has 2 aliphatic heterocycles. The summed E-state index contributed by atoms with van der Waals surface area (Å²) in [5.74, 6) is -6.22. The maximum atomic E-state index is 12.8. The van der Waals surface area contributed by atoms with Gasteiger partial charge in [0.2, 0.25) is 10.0 Å². The fraction of sp³-hybridized carbons (Fsp3) is 0.559. The third-order valence-electron chi connectivity index (χ3n) is 8.20. The monoisotopic (exact) mass is 842 g/mol. The summed E-state index contributed by atoms with van der Waals surface area (Å²) < 4.78 is 82.0. The highest BCUT2D eigenvalue weighted by Gasteiger charge is 2.58. The number of ether oxygens (including phenoxy) is 10. The lowest BCUT2D eigenvalue weighted by Gasteiger charge is -2.48. The molecule has 318 valence electrons. The highest BCUT2D eigenvalue weighted by molar-refractivity contribution is 7.89. The largest absolute Gasteiger partial charge is 0.463 e. The lowest BCUT2D eigenvalue weighted by molar-refractivity contribution is -0.349. The number of rotatable bonds is 14. The third-order valence-corrected chi connectivity index (χ3v) is 9.13. The number of carbonyl (C=O) groups excluding carboxylic acids is 7. The average molecular weight is 843 g/mol. The number of carbonyl (C=O) groups is 7. The molecular weight excluding hydrogens is 800 g/mol. The Morgan fingerprint density at radius 3 is 1.55 bits per heavy atom. The smallest absolute Gasteiger partial charge is 0.303 e. The first-order valence-electron chi connectivity index (χ1n) is 17.3. The minimum Gasteiger partial charge on any atom is -0.463 e. The van der Waals surface area contributed by atoms with E-state index >= 15 is 0 Å². The van der Waals surface area contributed by atoms with E-state index in [2.05, 4.69) is 10.3 Å². The maximum absolute atomic E-state index is 12.8. The molecule has 0 spiro atoms. The Morgan fingerprint density at radius 1 is 0.621 bits per heavy atom. The van der Waals surface area contributed by atoms with Crippen molar-refractivity contribution in [1.82, 2.24) is 15.0 Å². The molecule has 0 unspecified atom stereocenters. The van der Waals surface area contributed by atoms with Gasteiger partial charge in [-0.3, -0.25) is 33.6 Å². The Balaban J connectivity index is 1.88. The molecule has 2 aromatic rings. The van der Waals surface area contributed by atoms with Gasteiger partial charge in [-0.15, -0.1) is 5.10 Å². The van der Waals surface area contributed by atoms with E-state index in [0.29, 0.717) is 5.56 Å². The van der Waals surface area contributed by atoms with Crippen LogP contribution >= 0.6 is 0 Å². The van der Waals surface area contributed by atoms with Crippen LogP contribution in [0, 0.1) is 0 Å². The number of benzene rings is 1. The second-order valence-electron chi connectivity index (χ2n) is 12.8. The van der Waals surface area contributed by atoms with E-state index in [9.17, 15) is 42.0 Å². The van der Waals surface area contributed by atoms with Crippen LogP contribution in [0.4, 0.5) is 0 Å². The molecule has 0 aliphatic carbocycles. The second-order valence-corrected chi connectivity index (χ2v) is 14.4. The number of sulfonamides is 1. The predicted octanol–water partition coefficient (Wildman–Crippen LogP) is -0.615. The van der Waals surface area contributed by atoms with Crippen molar-refractivity contribution < 1.29 is 89.3 Å². The Bertz CT molecular complexity index is 1970. The number of hydrogen-bond donors (Lipinski definition) is 1. The number of primary sulfonamides is 1. The molecule has 0 radical (unpaired) electrons. The minimum absolute atomic E-state index is 0.162. The summed E-state index contributed by atoms with van der Waals surface area (Å²) in [6.07, 6.45) is -15.2. The third kappa shape index (κ3) is 11.7. The van der Waals surface area contributed by atoms with Gasteiger partial charge in [0.25, 0.3) is 0 Å². The highest BCUT2D eigenvalue weighted by atomic mass is 32.2. The number of esters is 7. The Hall–Kier alpha value is -5.56. The standard InChI is InChI=1S/C34H42N4O19S/c1-15(39)48-13-25-28(57-34-32(54-21(7)45)30(52-19(5)43)27(50-17(3)41)26(56-34)14-49-16(2)40)29(51-18(4)42)31(53-20(6)44)33(55-25)38-24(12-36-37-38)22-8-10-23(11-9-22)58(35,46)47/h8-12,25-34H,13-14H2,1-7H3,(H2,35,46,47)/t25-,26-,27-,28-,29+,30+,31-,32-,33-,34-/m1/s1. The maximum Gasteiger partial charge on any atom is 0.303 e. The molecule has 2 N–H and O–H groups in total. The van der Waals surface area contributed by atoms with E-state index in [0.717, 1.165) is 53.1 Å². The normalized spacial score (nSPS) is 27.0. The van der Waals surface area contributed by atoms with Crippen LogP contribution in [-0.4, -0.2) is 134 Å². The topological polar surface area (TPSA) is 303 Å². The molecule has 2 fully saturated rings. The van der Waals surface area contributed by atoms with Crippen LogP contribution in [0.15, 0.2) is 35.4 Å². The van der Waals surface area contributed by atoms with Gasteiger partial charge in [-0.25, -0.2) is 18.2 Å². The van der Waals surface area contributed by atoms with Gasteiger partial charge >= 0.3 is 41.8 Å². The van der Waals surface area contributed by atoms with Gasteiger partial charge in [-0.2, -0.15) is 0 Å². The molecule has 3 heterocycles. The number of aromatic nitrogens is 3. The van der Waals surface area contributed by atoms with Crippen molar-refractivity contribution in [2.75, 3.05) is 13.2 Å². The zero-order valence-corrected chi connectivity index (χ0v) is 33.0. The molecule has 0 amide bonds. The van der Waals surface area contributed by atoms with E-state index < -0.39 is 126 Å². The molecular formula is C34H42N4O19S. The molecule has 10 atom stereocenters. The van der Waals surface area contributed by atoms with Crippen LogP contribution in [0.2, 0.25) is 0 Å².